The number of amides is 1. The molecule has 3 rings (SSSR count). The monoisotopic (exact) mass is 341 g/mol. The van der Waals surface area contributed by atoms with Crippen molar-refractivity contribution in [2.75, 3.05) is 26.8 Å². The minimum absolute atomic E-state index is 0.0133. The molecule has 0 spiro atoms. The molecule has 6 heteroatoms. The van der Waals surface area contributed by atoms with Crippen LogP contribution in [0.15, 0.2) is 49.3 Å². The Labute approximate surface area is 147 Å². The lowest BCUT2D eigenvalue weighted by Crippen LogP contribution is -2.39. The van der Waals surface area contributed by atoms with Gasteiger partial charge in [0.25, 0.3) is 5.91 Å². The van der Waals surface area contributed by atoms with Crippen LogP contribution in [-0.2, 0) is 0 Å². The molecule has 0 aliphatic carbocycles. The molecule has 0 unspecified atom stereocenters. The number of carbonyl (C=O) groups excluding carboxylic acids is 1. The number of hydrogen-bond donors (Lipinski definition) is 0. The number of hydrogen-bond acceptors (Lipinski definition) is 4. The molecular weight excluding hydrogens is 318 g/mol. The van der Waals surface area contributed by atoms with Crippen LogP contribution >= 0.6 is 0 Å². The number of methoxy groups -OCH3 is 1. The van der Waals surface area contributed by atoms with Crippen molar-refractivity contribution in [1.29, 1.82) is 0 Å². The second-order valence-electron chi connectivity index (χ2n) is 5.97. The van der Waals surface area contributed by atoms with Crippen molar-refractivity contribution in [2.45, 2.75) is 18.9 Å². The zero-order valence-electron chi connectivity index (χ0n) is 14.4. The SMILES string of the molecule is C=CCOc1cc(OC)ccc1C(=O)N1CCC(n2cccn2)CC1. The van der Waals surface area contributed by atoms with Gasteiger partial charge >= 0.3 is 0 Å². The fraction of sp³-hybridized carbons (Fsp3) is 0.368. The minimum atomic E-state index is -0.0133. The molecule has 1 aliphatic heterocycles. The first-order valence-electron chi connectivity index (χ1n) is 8.43. The van der Waals surface area contributed by atoms with E-state index in [4.69, 9.17) is 9.47 Å². The van der Waals surface area contributed by atoms with Crippen LogP contribution in [0.5, 0.6) is 11.5 Å². The standard InChI is InChI=1S/C19H23N3O3/c1-3-13-25-18-14-16(24-2)5-6-17(18)19(23)21-11-7-15(8-12-21)22-10-4-9-20-22/h3-6,9-10,14-15H,1,7-8,11-13H2,2H3. The van der Waals surface area contributed by atoms with Gasteiger partial charge in [0.15, 0.2) is 0 Å². The summed E-state index contributed by atoms with van der Waals surface area (Å²) in [5, 5.41) is 4.30. The Morgan fingerprint density at radius 2 is 2.20 bits per heavy atom. The molecule has 1 amide bonds. The van der Waals surface area contributed by atoms with Crippen LogP contribution in [0.1, 0.15) is 29.2 Å². The molecule has 2 aromatic rings. The average molecular weight is 341 g/mol. The Bertz CT molecular complexity index is 720. The number of carbonyl (C=O) groups is 1. The molecule has 0 atom stereocenters. The van der Waals surface area contributed by atoms with Crippen molar-refractivity contribution >= 4 is 5.91 Å². The maximum absolute atomic E-state index is 12.9. The van der Waals surface area contributed by atoms with E-state index in [1.165, 1.54) is 0 Å². The van der Waals surface area contributed by atoms with Crippen molar-refractivity contribution < 1.29 is 14.3 Å². The predicted octanol–water partition coefficient (Wildman–Crippen LogP) is 2.93. The molecule has 1 saturated heterocycles. The van der Waals surface area contributed by atoms with E-state index in [9.17, 15) is 4.79 Å². The summed E-state index contributed by atoms with van der Waals surface area (Å²) in [5.74, 6) is 1.17. The molecule has 1 aromatic heterocycles. The summed E-state index contributed by atoms with van der Waals surface area (Å²) in [4.78, 5) is 14.8. The lowest BCUT2D eigenvalue weighted by molar-refractivity contribution is 0.0686. The zero-order valence-corrected chi connectivity index (χ0v) is 14.4. The van der Waals surface area contributed by atoms with Gasteiger partial charge in [0.05, 0.1) is 18.7 Å². The quantitative estimate of drug-likeness (QED) is 0.758. The molecular formula is C19H23N3O3. The van der Waals surface area contributed by atoms with Gasteiger partial charge in [-0.3, -0.25) is 9.48 Å². The van der Waals surface area contributed by atoms with Crippen molar-refractivity contribution in [3.05, 3.63) is 54.9 Å². The van der Waals surface area contributed by atoms with E-state index in [-0.39, 0.29) is 5.91 Å². The van der Waals surface area contributed by atoms with E-state index < -0.39 is 0 Å². The predicted molar refractivity (Wildman–Crippen MR) is 95.1 cm³/mol. The minimum Gasteiger partial charge on any atom is -0.497 e. The lowest BCUT2D eigenvalue weighted by Gasteiger charge is -2.32. The number of likely N-dealkylation sites (tertiary alicyclic amines) is 1. The van der Waals surface area contributed by atoms with E-state index in [0.29, 0.717) is 42.8 Å². The highest BCUT2D eigenvalue weighted by molar-refractivity contribution is 5.97. The average Bonchev–Trinajstić information content (AvgIpc) is 3.20. The van der Waals surface area contributed by atoms with Crippen LogP contribution in [0.25, 0.3) is 0 Å². The number of piperidine rings is 1. The van der Waals surface area contributed by atoms with Crippen molar-refractivity contribution in [2.24, 2.45) is 0 Å². The van der Waals surface area contributed by atoms with Gasteiger partial charge in [0.1, 0.15) is 18.1 Å². The first kappa shape index (κ1) is 17.1. The maximum Gasteiger partial charge on any atom is 0.257 e. The Morgan fingerprint density at radius 3 is 2.84 bits per heavy atom. The Kier molecular flexibility index (Phi) is 5.38. The zero-order chi connectivity index (χ0) is 17.6. The number of ether oxygens (including phenoxy) is 2. The van der Waals surface area contributed by atoms with Gasteiger partial charge in [0.2, 0.25) is 0 Å². The summed E-state index contributed by atoms with van der Waals surface area (Å²) >= 11 is 0. The number of nitrogens with zero attached hydrogens (tertiary/aromatic N) is 3. The number of aromatic nitrogens is 2. The second kappa shape index (κ2) is 7.88. The topological polar surface area (TPSA) is 56.6 Å². The summed E-state index contributed by atoms with van der Waals surface area (Å²) in [5.41, 5.74) is 0.556. The van der Waals surface area contributed by atoms with Gasteiger partial charge in [-0.2, -0.15) is 5.10 Å². The Balaban J connectivity index is 1.71. The molecule has 0 bridgehead atoms. The molecule has 1 aromatic carbocycles. The maximum atomic E-state index is 12.9. The molecule has 25 heavy (non-hydrogen) atoms. The molecule has 0 radical (unpaired) electrons. The summed E-state index contributed by atoms with van der Waals surface area (Å²) < 4.78 is 12.9. The van der Waals surface area contributed by atoms with Crippen LogP contribution in [-0.4, -0.2) is 47.4 Å². The van der Waals surface area contributed by atoms with Crippen molar-refractivity contribution in [3.63, 3.8) is 0 Å². The van der Waals surface area contributed by atoms with Crippen LogP contribution in [0.4, 0.5) is 0 Å². The molecule has 1 fully saturated rings. The highest BCUT2D eigenvalue weighted by Crippen LogP contribution is 2.28. The third kappa shape index (κ3) is 3.84. The van der Waals surface area contributed by atoms with Gasteiger partial charge in [-0.1, -0.05) is 12.7 Å². The van der Waals surface area contributed by atoms with Gasteiger partial charge < -0.3 is 14.4 Å². The van der Waals surface area contributed by atoms with Gasteiger partial charge in [-0.15, -0.1) is 0 Å². The summed E-state index contributed by atoms with van der Waals surface area (Å²) in [6.07, 6.45) is 7.22. The van der Waals surface area contributed by atoms with Crippen LogP contribution < -0.4 is 9.47 Å². The normalized spacial score (nSPS) is 15.0. The van der Waals surface area contributed by atoms with Crippen LogP contribution in [0.2, 0.25) is 0 Å². The van der Waals surface area contributed by atoms with E-state index in [0.717, 1.165) is 12.8 Å². The fourth-order valence-electron chi connectivity index (χ4n) is 3.07. The van der Waals surface area contributed by atoms with Gasteiger partial charge in [0, 0.05) is 31.5 Å². The molecule has 0 N–H and O–H groups in total. The highest BCUT2D eigenvalue weighted by Gasteiger charge is 2.26. The Hall–Kier alpha value is -2.76. The van der Waals surface area contributed by atoms with Crippen LogP contribution in [0, 0.1) is 0 Å². The van der Waals surface area contributed by atoms with E-state index in [1.54, 1.807) is 37.6 Å². The molecule has 1 aliphatic rings. The largest absolute Gasteiger partial charge is 0.497 e. The van der Waals surface area contributed by atoms with Crippen LogP contribution in [0.3, 0.4) is 0 Å². The number of rotatable bonds is 6. The smallest absolute Gasteiger partial charge is 0.257 e. The molecule has 2 heterocycles. The first-order valence-corrected chi connectivity index (χ1v) is 8.43. The second-order valence-corrected chi connectivity index (χ2v) is 5.97. The summed E-state index contributed by atoms with van der Waals surface area (Å²) in [6.45, 7) is 5.41. The lowest BCUT2D eigenvalue weighted by atomic mass is 10.0. The Morgan fingerprint density at radius 1 is 1.40 bits per heavy atom. The molecule has 0 saturated carbocycles. The molecule has 132 valence electrons. The molecule has 6 nitrogen and oxygen atoms in total. The van der Waals surface area contributed by atoms with E-state index in [1.807, 2.05) is 21.8 Å². The number of benzene rings is 1. The summed E-state index contributed by atoms with van der Waals surface area (Å²) in [6, 6.07) is 7.57. The van der Waals surface area contributed by atoms with Gasteiger partial charge in [-0.05, 0) is 31.0 Å². The van der Waals surface area contributed by atoms with Crippen molar-refractivity contribution in [3.8, 4) is 11.5 Å². The van der Waals surface area contributed by atoms with Gasteiger partial charge in [-0.25, -0.2) is 0 Å². The van der Waals surface area contributed by atoms with E-state index >= 15 is 0 Å². The first-order chi connectivity index (χ1) is 12.2. The third-order valence-corrected chi connectivity index (χ3v) is 4.43. The van der Waals surface area contributed by atoms with E-state index in [2.05, 4.69) is 11.7 Å². The summed E-state index contributed by atoms with van der Waals surface area (Å²) in [7, 11) is 1.59. The van der Waals surface area contributed by atoms with Crippen molar-refractivity contribution in [1.82, 2.24) is 14.7 Å². The third-order valence-electron chi connectivity index (χ3n) is 4.43. The highest BCUT2D eigenvalue weighted by atomic mass is 16.5. The fourth-order valence-corrected chi connectivity index (χ4v) is 3.07.